The molecule has 1 aliphatic heterocycles. The highest BCUT2D eigenvalue weighted by Crippen LogP contribution is 2.24. The van der Waals surface area contributed by atoms with Gasteiger partial charge in [0.05, 0.1) is 13.2 Å². The molecule has 1 heterocycles. The second-order valence-corrected chi connectivity index (χ2v) is 4.66. The highest BCUT2D eigenvalue weighted by Gasteiger charge is 2.34. The van der Waals surface area contributed by atoms with Crippen LogP contribution in [0, 0.1) is 5.41 Å². The zero-order chi connectivity index (χ0) is 10.8. The van der Waals surface area contributed by atoms with Gasteiger partial charge < -0.3 is 14.8 Å². The van der Waals surface area contributed by atoms with E-state index in [2.05, 4.69) is 30.8 Å². The van der Waals surface area contributed by atoms with E-state index in [1.165, 1.54) is 7.11 Å². The first-order chi connectivity index (χ1) is 6.45. The molecule has 4 heteroatoms. The van der Waals surface area contributed by atoms with Crippen molar-refractivity contribution < 1.29 is 14.3 Å². The van der Waals surface area contributed by atoms with E-state index in [-0.39, 0.29) is 17.5 Å². The van der Waals surface area contributed by atoms with Gasteiger partial charge >= 0.3 is 5.97 Å². The number of morpholine rings is 1. The maximum atomic E-state index is 11.3. The Morgan fingerprint density at radius 3 is 2.57 bits per heavy atom. The largest absolute Gasteiger partial charge is 0.467 e. The molecule has 4 nitrogen and oxygen atoms in total. The van der Waals surface area contributed by atoms with Crippen LogP contribution in [0.3, 0.4) is 0 Å². The van der Waals surface area contributed by atoms with Crippen molar-refractivity contribution in [1.82, 2.24) is 5.32 Å². The van der Waals surface area contributed by atoms with Crippen LogP contribution in [0.4, 0.5) is 0 Å². The van der Waals surface area contributed by atoms with Crippen LogP contribution in [0.25, 0.3) is 0 Å². The summed E-state index contributed by atoms with van der Waals surface area (Å²) in [5, 5.41) is 3.18. The van der Waals surface area contributed by atoms with Crippen molar-refractivity contribution in [3.8, 4) is 0 Å². The Hall–Kier alpha value is -0.610. The fraction of sp³-hybridized carbons (Fsp3) is 0.900. The van der Waals surface area contributed by atoms with Gasteiger partial charge in [0.25, 0.3) is 0 Å². The summed E-state index contributed by atoms with van der Waals surface area (Å²) in [6.45, 7) is 7.62. The van der Waals surface area contributed by atoms with Gasteiger partial charge in [-0.2, -0.15) is 0 Å². The smallest absolute Gasteiger partial charge is 0.336 e. The summed E-state index contributed by atoms with van der Waals surface area (Å²) in [5.74, 6) is -0.300. The molecule has 1 aliphatic rings. The van der Waals surface area contributed by atoms with Gasteiger partial charge in [-0.3, -0.25) is 0 Å². The van der Waals surface area contributed by atoms with Gasteiger partial charge in [0.2, 0.25) is 0 Å². The Morgan fingerprint density at radius 1 is 1.43 bits per heavy atom. The van der Waals surface area contributed by atoms with Crippen LogP contribution in [0.1, 0.15) is 20.8 Å². The summed E-state index contributed by atoms with van der Waals surface area (Å²) < 4.78 is 10.3. The van der Waals surface area contributed by atoms with Crippen LogP contribution >= 0.6 is 0 Å². The predicted molar refractivity (Wildman–Crippen MR) is 53.0 cm³/mol. The third-order valence-corrected chi connectivity index (χ3v) is 2.42. The Morgan fingerprint density at radius 2 is 2.07 bits per heavy atom. The third kappa shape index (κ3) is 2.69. The van der Waals surface area contributed by atoms with Gasteiger partial charge in [0.15, 0.2) is 6.10 Å². The van der Waals surface area contributed by atoms with Crippen molar-refractivity contribution >= 4 is 5.97 Å². The molecule has 0 bridgehead atoms. The Bertz CT molecular complexity index is 210. The minimum atomic E-state index is -0.460. The number of carbonyl (C=O) groups excluding carboxylic acids is 1. The van der Waals surface area contributed by atoms with E-state index in [9.17, 15) is 4.79 Å². The maximum Gasteiger partial charge on any atom is 0.336 e. The molecular weight excluding hydrogens is 182 g/mol. The van der Waals surface area contributed by atoms with E-state index >= 15 is 0 Å². The van der Waals surface area contributed by atoms with E-state index in [1.54, 1.807) is 0 Å². The second-order valence-electron chi connectivity index (χ2n) is 4.66. The SMILES string of the molecule is COC(=O)[C@H]1CNC[C@H](C(C)(C)C)O1. The zero-order valence-electron chi connectivity index (χ0n) is 9.29. The first-order valence-electron chi connectivity index (χ1n) is 4.89. The van der Waals surface area contributed by atoms with E-state index in [0.717, 1.165) is 6.54 Å². The molecule has 82 valence electrons. The average molecular weight is 201 g/mol. The lowest BCUT2D eigenvalue weighted by Crippen LogP contribution is -2.52. The molecule has 0 saturated carbocycles. The average Bonchev–Trinajstić information content (AvgIpc) is 2.15. The van der Waals surface area contributed by atoms with Gasteiger partial charge in [-0.25, -0.2) is 4.79 Å². The monoisotopic (exact) mass is 201 g/mol. The lowest BCUT2D eigenvalue weighted by Gasteiger charge is -2.37. The molecule has 1 N–H and O–H groups in total. The second kappa shape index (κ2) is 4.28. The van der Waals surface area contributed by atoms with E-state index in [0.29, 0.717) is 6.54 Å². The van der Waals surface area contributed by atoms with Crippen LogP contribution in [0.5, 0.6) is 0 Å². The summed E-state index contributed by atoms with van der Waals surface area (Å²) in [6.07, 6.45) is -0.404. The fourth-order valence-electron chi connectivity index (χ4n) is 1.42. The number of esters is 1. The van der Waals surface area contributed by atoms with Gasteiger partial charge in [0, 0.05) is 13.1 Å². The van der Waals surface area contributed by atoms with Crippen molar-refractivity contribution in [3.05, 3.63) is 0 Å². The number of hydrogen-bond donors (Lipinski definition) is 1. The lowest BCUT2D eigenvalue weighted by molar-refractivity contribution is -0.166. The van der Waals surface area contributed by atoms with Crippen molar-refractivity contribution in [2.45, 2.75) is 33.0 Å². The summed E-state index contributed by atoms with van der Waals surface area (Å²) in [5.41, 5.74) is 0.0414. The molecule has 0 aromatic rings. The first kappa shape index (κ1) is 11.5. The number of methoxy groups -OCH3 is 1. The minimum Gasteiger partial charge on any atom is -0.467 e. The van der Waals surface area contributed by atoms with Crippen molar-refractivity contribution in [3.63, 3.8) is 0 Å². The molecule has 2 atom stereocenters. The van der Waals surface area contributed by atoms with Crippen LogP contribution in [-0.4, -0.2) is 38.4 Å². The Labute approximate surface area is 85.0 Å². The molecule has 0 unspecified atom stereocenters. The molecule has 1 fully saturated rings. The highest BCUT2D eigenvalue weighted by molar-refractivity contribution is 5.74. The van der Waals surface area contributed by atoms with Gasteiger partial charge in [-0.1, -0.05) is 20.8 Å². The quantitative estimate of drug-likeness (QED) is 0.630. The molecule has 0 radical (unpaired) electrons. The molecule has 0 spiro atoms. The number of ether oxygens (including phenoxy) is 2. The molecule has 1 saturated heterocycles. The molecule has 0 aromatic carbocycles. The van der Waals surface area contributed by atoms with Crippen molar-refractivity contribution in [2.75, 3.05) is 20.2 Å². The molecule has 0 aliphatic carbocycles. The van der Waals surface area contributed by atoms with Crippen molar-refractivity contribution in [1.29, 1.82) is 0 Å². The predicted octanol–water partition coefficient (Wildman–Crippen LogP) is 0.562. The normalized spacial score (nSPS) is 28.6. The molecule has 0 aromatic heterocycles. The van der Waals surface area contributed by atoms with E-state index in [4.69, 9.17) is 4.74 Å². The highest BCUT2D eigenvalue weighted by atomic mass is 16.6. The van der Waals surface area contributed by atoms with Gasteiger partial charge in [-0.15, -0.1) is 0 Å². The lowest BCUT2D eigenvalue weighted by atomic mass is 9.88. The van der Waals surface area contributed by atoms with E-state index < -0.39 is 6.10 Å². The van der Waals surface area contributed by atoms with Crippen LogP contribution in [0.15, 0.2) is 0 Å². The molecule has 14 heavy (non-hydrogen) atoms. The number of hydrogen-bond acceptors (Lipinski definition) is 4. The summed E-state index contributed by atoms with van der Waals surface area (Å²) in [6, 6.07) is 0. The fourth-order valence-corrected chi connectivity index (χ4v) is 1.42. The number of carbonyl (C=O) groups is 1. The maximum absolute atomic E-state index is 11.3. The first-order valence-corrected chi connectivity index (χ1v) is 4.89. The summed E-state index contributed by atoms with van der Waals surface area (Å²) in [4.78, 5) is 11.3. The van der Waals surface area contributed by atoms with E-state index in [1.807, 2.05) is 0 Å². The van der Waals surface area contributed by atoms with Gasteiger partial charge in [-0.05, 0) is 5.41 Å². The Balaban J connectivity index is 2.56. The summed E-state index contributed by atoms with van der Waals surface area (Å²) in [7, 11) is 1.38. The molecule has 1 rings (SSSR count). The minimum absolute atomic E-state index is 0.0414. The molecule has 0 amide bonds. The number of rotatable bonds is 1. The topological polar surface area (TPSA) is 47.6 Å². The Kier molecular flexibility index (Phi) is 3.50. The van der Waals surface area contributed by atoms with Crippen LogP contribution in [-0.2, 0) is 14.3 Å². The number of nitrogens with one attached hydrogen (secondary N) is 1. The van der Waals surface area contributed by atoms with Crippen LogP contribution in [0.2, 0.25) is 0 Å². The molecular formula is C10H19NO3. The van der Waals surface area contributed by atoms with Gasteiger partial charge in [0.1, 0.15) is 0 Å². The van der Waals surface area contributed by atoms with Crippen molar-refractivity contribution in [2.24, 2.45) is 5.41 Å². The van der Waals surface area contributed by atoms with Crippen LogP contribution < -0.4 is 5.32 Å². The standard InChI is InChI=1S/C10H19NO3/c1-10(2,3)8-6-11-5-7(14-8)9(12)13-4/h7-8,11H,5-6H2,1-4H3/t7-,8-/m1/s1. The zero-order valence-corrected chi connectivity index (χ0v) is 9.29. The third-order valence-electron chi connectivity index (χ3n) is 2.42. The summed E-state index contributed by atoms with van der Waals surface area (Å²) >= 11 is 0.